The second-order valence-corrected chi connectivity index (χ2v) is 6.00. The number of amides is 1. The van der Waals surface area contributed by atoms with Crippen LogP contribution in [-0.2, 0) is 13.6 Å². The molecule has 0 aromatic carbocycles. The Morgan fingerprint density at radius 2 is 2.09 bits per heavy atom. The van der Waals surface area contributed by atoms with E-state index in [1.54, 1.807) is 6.20 Å². The van der Waals surface area contributed by atoms with Crippen molar-refractivity contribution in [3.05, 3.63) is 29.7 Å². The van der Waals surface area contributed by atoms with Gasteiger partial charge in [-0.1, -0.05) is 6.42 Å². The zero-order valence-corrected chi connectivity index (χ0v) is 13.7. The van der Waals surface area contributed by atoms with E-state index < -0.39 is 0 Å². The Morgan fingerprint density at radius 1 is 1.30 bits per heavy atom. The minimum absolute atomic E-state index is 0.268. The summed E-state index contributed by atoms with van der Waals surface area (Å²) in [6, 6.07) is 0. The molecule has 0 bridgehead atoms. The molecule has 0 saturated heterocycles. The highest BCUT2D eigenvalue weighted by molar-refractivity contribution is 5.91. The largest absolute Gasteiger partial charge is 0.361 e. The molecule has 1 aliphatic carbocycles. The molecule has 8 heteroatoms. The average Bonchev–Trinajstić information content (AvgIpc) is 2.84. The van der Waals surface area contributed by atoms with Crippen molar-refractivity contribution < 1.29 is 4.79 Å². The van der Waals surface area contributed by atoms with E-state index in [9.17, 15) is 4.79 Å². The van der Waals surface area contributed by atoms with Crippen molar-refractivity contribution in [1.82, 2.24) is 30.0 Å². The van der Waals surface area contributed by atoms with Gasteiger partial charge in [-0.3, -0.25) is 4.79 Å². The second-order valence-electron chi connectivity index (χ2n) is 6.00. The van der Waals surface area contributed by atoms with Gasteiger partial charge in [-0.15, -0.1) is 10.2 Å². The Labute approximate surface area is 135 Å². The average molecular weight is 315 g/mol. The van der Waals surface area contributed by atoms with E-state index in [1.807, 2.05) is 30.6 Å². The summed E-state index contributed by atoms with van der Waals surface area (Å²) >= 11 is 0. The van der Waals surface area contributed by atoms with Crippen molar-refractivity contribution in [2.24, 2.45) is 7.05 Å². The molecule has 0 spiro atoms. The number of aromatic nitrogens is 5. The van der Waals surface area contributed by atoms with Crippen LogP contribution in [0, 0.1) is 0 Å². The van der Waals surface area contributed by atoms with Gasteiger partial charge in [0.25, 0.3) is 5.91 Å². The van der Waals surface area contributed by atoms with Gasteiger partial charge in [0.15, 0.2) is 5.82 Å². The Balaban J connectivity index is 1.61. The number of hydrogen-bond donors (Lipinski definition) is 1. The predicted octanol–water partition coefficient (Wildman–Crippen LogP) is 0.869. The van der Waals surface area contributed by atoms with Gasteiger partial charge in [0.2, 0.25) is 0 Å². The van der Waals surface area contributed by atoms with Gasteiger partial charge in [-0.05, 0) is 12.8 Å². The predicted molar refractivity (Wildman–Crippen MR) is 85.1 cm³/mol. The van der Waals surface area contributed by atoms with Gasteiger partial charge in [-0.2, -0.15) is 0 Å². The number of anilines is 1. The highest BCUT2D eigenvalue weighted by atomic mass is 16.1. The number of nitrogens with zero attached hydrogens (tertiary/aromatic N) is 6. The fourth-order valence-electron chi connectivity index (χ4n) is 2.47. The Morgan fingerprint density at radius 3 is 2.65 bits per heavy atom. The topological polar surface area (TPSA) is 88.8 Å². The van der Waals surface area contributed by atoms with E-state index in [1.165, 1.54) is 25.5 Å². The van der Waals surface area contributed by atoms with Crippen LogP contribution in [0.25, 0.3) is 0 Å². The Bertz CT molecular complexity index is 688. The third-order valence-electron chi connectivity index (χ3n) is 4.21. The van der Waals surface area contributed by atoms with Crippen LogP contribution in [0.4, 0.5) is 5.82 Å². The van der Waals surface area contributed by atoms with E-state index in [2.05, 4.69) is 25.5 Å². The number of rotatable bonds is 5. The maximum absolute atomic E-state index is 12.1. The van der Waals surface area contributed by atoms with Crippen LogP contribution in [0.3, 0.4) is 0 Å². The molecule has 1 N–H and O–H groups in total. The first-order valence-corrected chi connectivity index (χ1v) is 7.72. The number of carbonyl (C=O) groups is 1. The molecule has 2 aromatic rings. The third-order valence-corrected chi connectivity index (χ3v) is 4.21. The normalized spacial score (nSPS) is 14.4. The summed E-state index contributed by atoms with van der Waals surface area (Å²) in [7, 11) is 5.69. The molecule has 0 atom stereocenters. The van der Waals surface area contributed by atoms with Gasteiger partial charge >= 0.3 is 0 Å². The first kappa shape index (κ1) is 15.4. The van der Waals surface area contributed by atoms with Crippen molar-refractivity contribution in [1.29, 1.82) is 0 Å². The summed E-state index contributed by atoms with van der Waals surface area (Å²) in [5.74, 6) is 2.71. The molecule has 1 amide bonds. The lowest BCUT2D eigenvalue weighted by atomic mass is 9.85. The lowest BCUT2D eigenvalue weighted by Gasteiger charge is -2.24. The first-order valence-electron chi connectivity index (χ1n) is 7.72. The zero-order chi connectivity index (χ0) is 16.4. The minimum atomic E-state index is -0.268. The van der Waals surface area contributed by atoms with Gasteiger partial charge in [0, 0.05) is 27.1 Å². The first-order chi connectivity index (χ1) is 11.1. The molecule has 2 aromatic heterocycles. The van der Waals surface area contributed by atoms with Crippen LogP contribution in [-0.4, -0.2) is 44.7 Å². The van der Waals surface area contributed by atoms with E-state index in [0.717, 1.165) is 11.6 Å². The molecule has 0 unspecified atom stereocenters. The Hall–Kier alpha value is -2.51. The van der Waals surface area contributed by atoms with Crippen LogP contribution in [0.1, 0.15) is 47.3 Å². The van der Waals surface area contributed by atoms with Gasteiger partial charge in [0.1, 0.15) is 17.3 Å². The van der Waals surface area contributed by atoms with Gasteiger partial charge in [-0.25, -0.2) is 9.97 Å². The summed E-state index contributed by atoms with van der Waals surface area (Å²) in [6.07, 6.45) is 6.65. The molecule has 2 heterocycles. The number of hydrogen-bond acceptors (Lipinski definition) is 6. The zero-order valence-electron chi connectivity index (χ0n) is 13.7. The molecule has 0 aliphatic heterocycles. The summed E-state index contributed by atoms with van der Waals surface area (Å²) in [4.78, 5) is 22.3. The summed E-state index contributed by atoms with van der Waals surface area (Å²) in [5, 5.41) is 11.2. The molecule has 8 nitrogen and oxygen atoms in total. The lowest BCUT2D eigenvalue weighted by Crippen LogP contribution is -2.26. The standard InChI is InChI=1S/C15H21N7O/c1-21(2)12-8-16-11(7-17-12)15(23)18-9-13-19-20-14(22(13)3)10-5-4-6-10/h7-8,10H,4-6,9H2,1-3H3,(H,18,23). The van der Waals surface area contributed by atoms with E-state index >= 15 is 0 Å². The highest BCUT2D eigenvalue weighted by Gasteiger charge is 2.25. The van der Waals surface area contributed by atoms with Crippen LogP contribution >= 0.6 is 0 Å². The van der Waals surface area contributed by atoms with E-state index in [0.29, 0.717) is 18.3 Å². The number of nitrogens with one attached hydrogen (secondary N) is 1. The Kier molecular flexibility index (Phi) is 4.22. The molecule has 1 saturated carbocycles. The van der Waals surface area contributed by atoms with Crippen LogP contribution in [0.2, 0.25) is 0 Å². The SMILES string of the molecule is CN(C)c1cnc(C(=O)NCc2nnc(C3CCC3)n2C)cn1. The summed E-state index contributed by atoms with van der Waals surface area (Å²) in [6.45, 7) is 0.326. The molecule has 1 aliphatic rings. The molecule has 1 fully saturated rings. The van der Waals surface area contributed by atoms with Crippen LogP contribution in [0.15, 0.2) is 12.4 Å². The van der Waals surface area contributed by atoms with Crippen molar-refractivity contribution in [3.63, 3.8) is 0 Å². The number of carbonyl (C=O) groups excluding carboxylic acids is 1. The van der Waals surface area contributed by atoms with Gasteiger partial charge < -0.3 is 14.8 Å². The van der Waals surface area contributed by atoms with E-state index in [-0.39, 0.29) is 11.6 Å². The second kappa shape index (κ2) is 6.31. The van der Waals surface area contributed by atoms with Crippen molar-refractivity contribution in [3.8, 4) is 0 Å². The van der Waals surface area contributed by atoms with E-state index in [4.69, 9.17) is 0 Å². The lowest BCUT2D eigenvalue weighted by molar-refractivity contribution is 0.0944. The van der Waals surface area contributed by atoms with Crippen molar-refractivity contribution >= 4 is 11.7 Å². The van der Waals surface area contributed by atoms with Crippen molar-refractivity contribution in [2.45, 2.75) is 31.7 Å². The smallest absolute Gasteiger partial charge is 0.271 e. The molecule has 0 radical (unpaired) electrons. The van der Waals surface area contributed by atoms with Gasteiger partial charge in [0.05, 0.1) is 18.9 Å². The summed E-state index contributed by atoms with van der Waals surface area (Å²) < 4.78 is 1.98. The fraction of sp³-hybridized carbons (Fsp3) is 0.533. The molecular formula is C15H21N7O. The quantitative estimate of drug-likeness (QED) is 0.880. The summed E-state index contributed by atoms with van der Waals surface area (Å²) in [5.41, 5.74) is 0.289. The third kappa shape index (κ3) is 3.15. The minimum Gasteiger partial charge on any atom is -0.361 e. The van der Waals surface area contributed by atoms with Crippen molar-refractivity contribution in [2.75, 3.05) is 19.0 Å². The van der Waals surface area contributed by atoms with Crippen LogP contribution < -0.4 is 10.2 Å². The molecule has 122 valence electrons. The fourth-order valence-corrected chi connectivity index (χ4v) is 2.47. The molecule has 3 rings (SSSR count). The maximum Gasteiger partial charge on any atom is 0.271 e. The highest BCUT2D eigenvalue weighted by Crippen LogP contribution is 2.34. The molecular weight excluding hydrogens is 294 g/mol. The van der Waals surface area contributed by atoms with Crippen LogP contribution in [0.5, 0.6) is 0 Å². The monoisotopic (exact) mass is 315 g/mol. The molecule has 23 heavy (non-hydrogen) atoms. The maximum atomic E-state index is 12.1.